The Morgan fingerprint density at radius 1 is 1.00 bits per heavy atom. The maximum absolute atomic E-state index is 10.6. The molecule has 0 amide bonds. The molecule has 3 rings (SSSR count). The number of anilines is 1. The first-order chi connectivity index (χ1) is 12.6. The van der Waals surface area contributed by atoms with Crippen LogP contribution in [0.2, 0.25) is 5.02 Å². The highest BCUT2D eigenvalue weighted by molar-refractivity contribution is 6.30. The quantitative estimate of drug-likeness (QED) is 0.838. The highest BCUT2D eigenvalue weighted by atomic mass is 35.5. The first-order valence-corrected chi connectivity index (χ1v) is 9.11. The van der Waals surface area contributed by atoms with E-state index in [0.29, 0.717) is 18.0 Å². The van der Waals surface area contributed by atoms with Gasteiger partial charge in [-0.1, -0.05) is 23.7 Å². The number of halogens is 1. The van der Waals surface area contributed by atoms with Gasteiger partial charge in [0.2, 0.25) is 0 Å². The lowest BCUT2D eigenvalue weighted by Crippen LogP contribution is -2.47. The molecule has 0 bridgehead atoms. The van der Waals surface area contributed by atoms with Crippen LogP contribution in [-0.2, 0) is 0 Å². The van der Waals surface area contributed by atoms with Gasteiger partial charge in [0.25, 0.3) is 0 Å². The summed E-state index contributed by atoms with van der Waals surface area (Å²) >= 11 is 6.09. The molecule has 1 fully saturated rings. The molecule has 0 spiro atoms. The van der Waals surface area contributed by atoms with Crippen LogP contribution in [0, 0.1) is 0 Å². The van der Waals surface area contributed by atoms with Crippen molar-refractivity contribution >= 4 is 17.3 Å². The van der Waals surface area contributed by atoms with Crippen LogP contribution < -0.4 is 14.4 Å². The minimum absolute atomic E-state index is 0.562. The summed E-state index contributed by atoms with van der Waals surface area (Å²) in [6.45, 7) is 4.23. The Balaban J connectivity index is 1.57. The lowest BCUT2D eigenvalue weighted by Gasteiger charge is -2.37. The van der Waals surface area contributed by atoms with Crippen molar-refractivity contribution in [2.45, 2.75) is 6.10 Å². The van der Waals surface area contributed by atoms with Crippen LogP contribution in [0.5, 0.6) is 11.5 Å². The zero-order valence-corrected chi connectivity index (χ0v) is 15.9. The molecule has 140 valence electrons. The monoisotopic (exact) mass is 376 g/mol. The Morgan fingerprint density at radius 2 is 1.73 bits per heavy atom. The topological polar surface area (TPSA) is 45.2 Å². The van der Waals surface area contributed by atoms with Crippen LogP contribution in [0.25, 0.3) is 0 Å². The van der Waals surface area contributed by atoms with Gasteiger partial charge in [-0.15, -0.1) is 0 Å². The fraction of sp³-hybridized carbons (Fsp3) is 0.400. The Bertz CT molecular complexity index is 733. The summed E-state index contributed by atoms with van der Waals surface area (Å²) in [7, 11) is 3.20. The maximum atomic E-state index is 10.6. The number of aliphatic hydroxyl groups is 1. The molecule has 0 unspecified atom stereocenters. The van der Waals surface area contributed by atoms with Gasteiger partial charge in [-0.25, -0.2) is 0 Å². The summed E-state index contributed by atoms with van der Waals surface area (Å²) in [5.41, 5.74) is 1.98. The minimum atomic E-state index is -0.562. The minimum Gasteiger partial charge on any atom is -0.493 e. The van der Waals surface area contributed by atoms with E-state index >= 15 is 0 Å². The van der Waals surface area contributed by atoms with E-state index in [1.165, 1.54) is 0 Å². The molecule has 0 aromatic heterocycles. The number of methoxy groups -OCH3 is 2. The summed E-state index contributed by atoms with van der Waals surface area (Å²) < 4.78 is 10.6. The molecule has 5 nitrogen and oxygen atoms in total. The molecular weight excluding hydrogens is 352 g/mol. The van der Waals surface area contributed by atoms with Gasteiger partial charge in [-0.3, -0.25) is 4.90 Å². The molecule has 26 heavy (non-hydrogen) atoms. The summed E-state index contributed by atoms with van der Waals surface area (Å²) in [5.74, 6) is 1.30. The third-order valence-electron chi connectivity index (χ3n) is 4.77. The summed E-state index contributed by atoms with van der Waals surface area (Å²) in [4.78, 5) is 4.60. The van der Waals surface area contributed by atoms with Gasteiger partial charge in [0.15, 0.2) is 11.5 Å². The predicted octanol–water partition coefficient (Wildman–Crippen LogP) is 3.21. The average Bonchev–Trinajstić information content (AvgIpc) is 2.68. The van der Waals surface area contributed by atoms with Crippen LogP contribution in [0.1, 0.15) is 11.7 Å². The normalized spacial score (nSPS) is 16.4. The van der Waals surface area contributed by atoms with Gasteiger partial charge in [-0.05, 0) is 35.9 Å². The van der Waals surface area contributed by atoms with E-state index in [1.54, 1.807) is 14.2 Å². The van der Waals surface area contributed by atoms with E-state index in [1.807, 2.05) is 36.4 Å². The zero-order valence-electron chi connectivity index (χ0n) is 15.2. The van der Waals surface area contributed by atoms with E-state index in [-0.39, 0.29) is 0 Å². The van der Waals surface area contributed by atoms with Gasteiger partial charge < -0.3 is 19.5 Å². The molecule has 0 saturated carbocycles. The Morgan fingerprint density at radius 3 is 2.38 bits per heavy atom. The fourth-order valence-electron chi connectivity index (χ4n) is 3.27. The zero-order chi connectivity index (χ0) is 18.5. The Kier molecular flexibility index (Phi) is 6.25. The molecular formula is C20H25ClN2O3. The first-order valence-electron chi connectivity index (χ1n) is 8.73. The summed E-state index contributed by atoms with van der Waals surface area (Å²) in [6.07, 6.45) is -0.562. The van der Waals surface area contributed by atoms with Gasteiger partial charge in [0.1, 0.15) is 0 Å². The number of ether oxygens (including phenoxy) is 2. The Hall–Kier alpha value is -1.95. The van der Waals surface area contributed by atoms with E-state index in [4.69, 9.17) is 21.1 Å². The number of hydrogen-bond acceptors (Lipinski definition) is 5. The number of nitrogens with zero attached hydrogens (tertiary/aromatic N) is 2. The molecule has 1 aliphatic rings. The first kappa shape index (κ1) is 18.8. The molecule has 2 aromatic carbocycles. The fourth-order valence-corrected chi connectivity index (χ4v) is 3.46. The van der Waals surface area contributed by atoms with Crippen LogP contribution in [0.3, 0.4) is 0 Å². The van der Waals surface area contributed by atoms with Gasteiger partial charge >= 0.3 is 0 Å². The third kappa shape index (κ3) is 4.41. The van der Waals surface area contributed by atoms with Crippen LogP contribution in [0.4, 0.5) is 5.69 Å². The molecule has 0 radical (unpaired) electrons. The molecule has 1 saturated heterocycles. The number of aliphatic hydroxyl groups excluding tert-OH is 1. The van der Waals surface area contributed by atoms with Crippen molar-refractivity contribution < 1.29 is 14.6 Å². The summed E-state index contributed by atoms with van der Waals surface area (Å²) in [5, 5.41) is 11.4. The molecule has 1 N–H and O–H groups in total. The number of benzene rings is 2. The average molecular weight is 377 g/mol. The van der Waals surface area contributed by atoms with E-state index in [0.717, 1.165) is 42.5 Å². The van der Waals surface area contributed by atoms with Crippen LogP contribution in [-0.4, -0.2) is 56.9 Å². The van der Waals surface area contributed by atoms with Crippen molar-refractivity contribution in [3.8, 4) is 11.5 Å². The second-order valence-electron chi connectivity index (χ2n) is 6.40. The second kappa shape index (κ2) is 8.62. The van der Waals surface area contributed by atoms with E-state index < -0.39 is 6.10 Å². The number of piperazine rings is 1. The number of β-amino-alcohol motifs (C(OH)–C–C–N with tert-alkyl or cyclic N) is 1. The van der Waals surface area contributed by atoms with Crippen molar-refractivity contribution in [3.05, 3.63) is 53.1 Å². The largest absolute Gasteiger partial charge is 0.493 e. The van der Waals surface area contributed by atoms with E-state index in [9.17, 15) is 5.11 Å². The second-order valence-corrected chi connectivity index (χ2v) is 6.83. The highest BCUT2D eigenvalue weighted by Crippen LogP contribution is 2.30. The van der Waals surface area contributed by atoms with Gasteiger partial charge in [0.05, 0.1) is 20.3 Å². The predicted molar refractivity (Wildman–Crippen MR) is 105 cm³/mol. The number of rotatable bonds is 6. The van der Waals surface area contributed by atoms with Crippen LogP contribution in [0.15, 0.2) is 42.5 Å². The van der Waals surface area contributed by atoms with Crippen molar-refractivity contribution in [3.63, 3.8) is 0 Å². The SMILES string of the molecule is COc1ccc([C@@H](O)CN2CCN(c3cccc(Cl)c3)CC2)cc1OC. The van der Waals surface area contributed by atoms with Gasteiger partial charge in [-0.2, -0.15) is 0 Å². The van der Waals surface area contributed by atoms with Gasteiger partial charge in [0, 0.05) is 43.4 Å². The summed E-state index contributed by atoms with van der Waals surface area (Å²) in [6, 6.07) is 13.5. The van der Waals surface area contributed by atoms with E-state index in [2.05, 4.69) is 15.9 Å². The smallest absolute Gasteiger partial charge is 0.161 e. The third-order valence-corrected chi connectivity index (χ3v) is 5.00. The van der Waals surface area contributed by atoms with Crippen molar-refractivity contribution in [1.29, 1.82) is 0 Å². The maximum Gasteiger partial charge on any atom is 0.161 e. The molecule has 6 heteroatoms. The highest BCUT2D eigenvalue weighted by Gasteiger charge is 2.21. The molecule has 1 atom stereocenters. The number of hydrogen-bond donors (Lipinski definition) is 1. The van der Waals surface area contributed by atoms with Crippen molar-refractivity contribution in [2.75, 3.05) is 51.8 Å². The van der Waals surface area contributed by atoms with Crippen LogP contribution >= 0.6 is 11.6 Å². The standard InChI is InChI=1S/C20H25ClN2O3/c1-25-19-7-6-15(12-20(19)26-2)18(24)14-22-8-10-23(11-9-22)17-5-3-4-16(21)13-17/h3-7,12-13,18,24H,8-11,14H2,1-2H3/t18-/m0/s1. The molecule has 1 heterocycles. The molecule has 2 aromatic rings. The molecule has 0 aliphatic carbocycles. The van der Waals surface area contributed by atoms with Crippen molar-refractivity contribution in [2.24, 2.45) is 0 Å². The van der Waals surface area contributed by atoms with Crippen molar-refractivity contribution in [1.82, 2.24) is 4.90 Å². The lowest BCUT2D eigenvalue weighted by molar-refractivity contribution is 0.109. The molecule has 1 aliphatic heterocycles. The lowest BCUT2D eigenvalue weighted by atomic mass is 10.1. The Labute approximate surface area is 159 Å².